The number of esters is 1. The van der Waals surface area contributed by atoms with Crippen molar-refractivity contribution in [3.8, 4) is 0 Å². The van der Waals surface area contributed by atoms with Crippen LogP contribution in [0.1, 0.15) is 193 Å². The van der Waals surface area contributed by atoms with Crippen molar-refractivity contribution in [2.24, 2.45) is 0 Å². The average Bonchev–Trinajstić information content (AvgIpc) is 2.98. The van der Waals surface area contributed by atoms with Gasteiger partial charge in [0.1, 0.15) is 6.10 Å². The Kier molecular flexibility index (Phi) is 32.8. The fourth-order valence-corrected chi connectivity index (χ4v) is 5.75. The van der Waals surface area contributed by atoms with Crippen LogP contribution < -0.4 is 0 Å². The summed E-state index contributed by atoms with van der Waals surface area (Å²) in [5, 5.41) is 36.7. The normalized spacial score (nSPS) is 12.8. The number of carboxylic acid groups (broad SMARTS) is 1. The molecule has 43 heavy (non-hydrogen) atoms. The molecule has 0 saturated heterocycles. The van der Waals surface area contributed by atoms with Crippen LogP contribution in [0.4, 0.5) is 0 Å². The van der Waals surface area contributed by atoms with E-state index in [1.165, 1.54) is 44.9 Å². The van der Waals surface area contributed by atoms with Gasteiger partial charge in [-0.3, -0.25) is 9.59 Å². The number of carbonyl (C=O) groups is 2. The summed E-state index contributed by atoms with van der Waals surface area (Å²) in [7, 11) is 0. The zero-order valence-corrected chi connectivity index (χ0v) is 27.8. The third kappa shape index (κ3) is 33.5. The van der Waals surface area contributed by atoms with Crippen LogP contribution in [0.5, 0.6) is 0 Å². The first kappa shape index (κ1) is 41.8. The Hall–Kier alpha value is -1.18. The summed E-state index contributed by atoms with van der Waals surface area (Å²) >= 11 is 0. The van der Waals surface area contributed by atoms with Gasteiger partial charge in [0.15, 0.2) is 0 Å². The van der Waals surface area contributed by atoms with E-state index in [2.05, 4.69) is 0 Å². The van der Waals surface area contributed by atoms with Crippen LogP contribution in [-0.4, -0.2) is 57.8 Å². The molecule has 0 heterocycles. The number of carbonyl (C=O) groups excluding carboxylic acids is 1. The highest BCUT2D eigenvalue weighted by Gasteiger charge is 2.14. The fraction of sp³-hybridized carbons (Fsp3) is 0.944. The highest BCUT2D eigenvalue weighted by Crippen LogP contribution is 2.19. The predicted molar refractivity (Wildman–Crippen MR) is 176 cm³/mol. The molecular formula is C36H70O7. The molecule has 256 valence electrons. The van der Waals surface area contributed by atoms with Crippen LogP contribution in [0.3, 0.4) is 0 Å². The first-order valence-electron chi connectivity index (χ1n) is 18.3. The lowest BCUT2D eigenvalue weighted by atomic mass is 10.0. The first-order valence-corrected chi connectivity index (χ1v) is 18.3. The van der Waals surface area contributed by atoms with Gasteiger partial charge in [-0.25, -0.2) is 0 Å². The van der Waals surface area contributed by atoms with Gasteiger partial charge >= 0.3 is 11.9 Å². The van der Waals surface area contributed by atoms with Gasteiger partial charge in [-0.2, -0.15) is 0 Å². The van der Waals surface area contributed by atoms with Crippen LogP contribution in [0.25, 0.3) is 0 Å². The molecule has 4 N–H and O–H groups in total. The van der Waals surface area contributed by atoms with Gasteiger partial charge in [-0.05, 0) is 64.2 Å². The summed E-state index contributed by atoms with van der Waals surface area (Å²) in [6.45, 7) is 0.585. The zero-order valence-electron chi connectivity index (χ0n) is 27.8. The maximum absolute atomic E-state index is 12.6. The number of aliphatic carboxylic acids is 1. The molecule has 0 bridgehead atoms. The van der Waals surface area contributed by atoms with E-state index < -0.39 is 5.97 Å². The van der Waals surface area contributed by atoms with Crippen molar-refractivity contribution in [2.45, 2.75) is 205 Å². The van der Waals surface area contributed by atoms with Crippen molar-refractivity contribution in [2.75, 3.05) is 13.2 Å². The topological polar surface area (TPSA) is 124 Å². The maximum Gasteiger partial charge on any atom is 0.306 e. The summed E-state index contributed by atoms with van der Waals surface area (Å²) < 4.78 is 5.92. The van der Waals surface area contributed by atoms with Gasteiger partial charge in [0.25, 0.3) is 0 Å². The molecule has 0 saturated carbocycles. The minimum absolute atomic E-state index is 0.00587. The Labute approximate surface area is 264 Å². The van der Waals surface area contributed by atoms with Gasteiger partial charge in [-0.1, -0.05) is 116 Å². The van der Waals surface area contributed by atoms with Gasteiger partial charge in [0.05, 0.1) is 6.10 Å². The number of aliphatic hydroxyl groups excluding tert-OH is 3. The van der Waals surface area contributed by atoms with Crippen LogP contribution >= 0.6 is 0 Å². The van der Waals surface area contributed by atoms with Crippen molar-refractivity contribution in [3.05, 3.63) is 0 Å². The largest absolute Gasteiger partial charge is 0.481 e. The van der Waals surface area contributed by atoms with Crippen LogP contribution in [-0.2, 0) is 14.3 Å². The second kappa shape index (κ2) is 33.7. The summed E-state index contributed by atoms with van der Waals surface area (Å²) in [6, 6.07) is 0. The van der Waals surface area contributed by atoms with Gasteiger partial charge in [0, 0.05) is 26.1 Å². The Bertz CT molecular complexity index is 598. The monoisotopic (exact) mass is 615 g/mol. The fourth-order valence-electron chi connectivity index (χ4n) is 5.75. The molecule has 2 atom stereocenters. The molecule has 0 aliphatic rings. The second-order valence-electron chi connectivity index (χ2n) is 12.7. The van der Waals surface area contributed by atoms with E-state index in [-0.39, 0.29) is 31.2 Å². The molecule has 0 aromatic rings. The zero-order chi connectivity index (χ0) is 31.6. The molecule has 7 nitrogen and oxygen atoms in total. The van der Waals surface area contributed by atoms with E-state index in [0.717, 1.165) is 135 Å². The van der Waals surface area contributed by atoms with Crippen molar-refractivity contribution in [3.63, 3.8) is 0 Å². The number of carboxylic acids is 1. The molecule has 0 radical (unpaired) electrons. The van der Waals surface area contributed by atoms with Crippen molar-refractivity contribution >= 4 is 11.9 Å². The third-order valence-electron chi connectivity index (χ3n) is 8.51. The first-order chi connectivity index (χ1) is 21.0. The van der Waals surface area contributed by atoms with Crippen LogP contribution in [0.15, 0.2) is 0 Å². The van der Waals surface area contributed by atoms with E-state index >= 15 is 0 Å². The molecule has 0 rings (SSSR count). The lowest BCUT2D eigenvalue weighted by Gasteiger charge is -2.18. The number of rotatable bonds is 35. The van der Waals surface area contributed by atoms with E-state index in [1.807, 2.05) is 0 Å². The number of ether oxygens (including phenoxy) is 1. The summed E-state index contributed by atoms with van der Waals surface area (Å²) in [6.07, 6.45) is 29.8. The molecular weight excluding hydrogens is 544 g/mol. The molecule has 0 spiro atoms. The molecule has 7 heteroatoms. The van der Waals surface area contributed by atoms with Gasteiger partial charge < -0.3 is 25.2 Å². The maximum atomic E-state index is 12.6. The van der Waals surface area contributed by atoms with E-state index in [9.17, 15) is 14.7 Å². The lowest BCUT2D eigenvalue weighted by molar-refractivity contribution is -0.150. The SMILES string of the molecule is O=C(O)CCCCCCCC(CCCCCCCCCO)OC(=O)CCCCCCCC(O)CCCCCCCCCO. The van der Waals surface area contributed by atoms with Crippen molar-refractivity contribution in [1.29, 1.82) is 0 Å². The average molecular weight is 615 g/mol. The Balaban J connectivity index is 3.98. The number of unbranched alkanes of at least 4 members (excludes halogenated alkanes) is 20. The van der Waals surface area contributed by atoms with Gasteiger partial charge in [0.2, 0.25) is 0 Å². The number of aliphatic hydroxyl groups is 3. The van der Waals surface area contributed by atoms with E-state index in [0.29, 0.717) is 13.0 Å². The van der Waals surface area contributed by atoms with E-state index in [1.54, 1.807) is 0 Å². The molecule has 0 aromatic carbocycles. The lowest BCUT2D eigenvalue weighted by Crippen LogP contribution is -2.18. The smallest absolute Gasteiger partial charge is 0.306 e. The van der Waals surface area contributed by atoms with Gasteiger partial charge in [-0.15, -0.1) is 0 Å². The second-order valence-corrected chi connectivity index (χ2v) is 12.7. The Morgan fingerprint density at radius 1 is 0.442 bits per heavy atom. The minimum Gasteiger partial charge on any atom is -0.481 e. The standard InChI is InChI=1S/C36H70O7/c37-31-23-15-5-1-3-9-17-25-33(39)26-18-10-7-14-22-30-36(42)43-34(27-19-11-4-2-6-16-24-32-38)28-20-12-8-13-21-29-35(40)41/h33-34,37-39H,1-32H2,(H,40,41). The highest BCUT2D eigenvalue weighted by molar-refractivity contribution is 5.69. The number of hydrogen-bond donors (Lipinski definition) is 4. The summed E-state index contributed by atoms with van der Waals surface area (Å²) in [5.41, 5.74) is 0. The van der Waals surface area contributed by atoms with Crippen molar-refractivity contribution in [1.82, 2.24) is 0 Å². The molecule has 0 fully saturated rings. The molecule has 0 aliphatic carbocycles. The molecule has 2 unspecified atom stereocenters. The highest BCUT2D eigenvalue weighted by atomic mass is 16.5. The quantitative estimate of drug-likeness (QED) is 0.0415. The van der Waals surface area contributed by atoms with Crippen molar-refractivity contribution < 1.29 is 34.8 Å². The Morgan fingerprint density at radius 2 is 0.767 bits per heavy atom. The van der Waals surface area contributed by atoms with Crippen LogP contribution in [0.2, 0.25) is 0 Å². The van der Waals surface area contributed by atoms with Crippen LogP contribution in [0, 0.1) is 0 Å². The molecule has 0 aromatic heterocycles. The van der Waals surface area contributed by atoms with E-state index in [4.69, 9.17) is 20.1 Å². The summed E-state index contributed by atoms with van der Waals surface area (Å²) in [5.74, 6) is -0.794. The summed E-state index contributed by atoms with van der Waals surface area (Å²) in [4.78, 5) is 23.2. The minimum atomic E-state index is -0.724. The third-order valence-corrected chi connectivity index (χ3v) is 8.51. The molecule has 0 aliphatic heterocycles. The number of hydrogen-bond acceptors (Lipinski definition) is 6. The Morgan fingerprint density at radius 3 is 1.16 bits per heavy atom. The predicted octanol–water partition coefficient (Wildman–Crippen LogP) is 9.03. The molecule has 0 amide bonds.